The lowest BCUT2D eigenvalue weighted by Gasteiger charge is -2.21. The van der Waals surface area contributed by atoms with Crippen LogP contribution in [0.5, 0.6) is 5.75 Å². The molecule has 0 unspecified atom stereocenters. The first kappa shape index (κ1) is 15.3. The van der Waals surface area contributed by atoms with Crippen LogP contribution in [0, 0.1) is 0 Å². The Hall–Kier alpha value is -2.05. The topological polar surface area (TPSA) is 72.6 Å². The van der Waals surface area contributed by atoms with Crippen molar-refractivity contribution < 1.29 is 13.2 Å². The van der Waals surface area contributed by atoms with Gasteiger partial charge in [-0.3, -0.25) is 0 Å². The summed E-state index contributed by atoms with van der Waals surface area (Å²) in [7, 11) is -0.242. The van der Waals surface area contributed by atoms with E-state index in [4.69, 9.17) is 9.88 Å². The van der Waals surface area contributed by atoms with Crippen molar-refractivity contribution >= 4 is 15.7 Å². The van der Waals surface area contributed by atoms with Crippen molar-refractivity contribution in [3.8, 4) is 5.75 Å². The minimum absolute atomic E-state index is 0.0831. The van der Waals surface area contributed by atoms with E-state index in [2.05, 4.69) is 0 Å². The van der Waals surface area contributed by atoms with Gasteiger partial charge in [0.1, 0.15) is 5.75 Å². The van der Waals surface area contributed by atoms with Crippen LogP contribution in [-0.2, 0) is 16.6 Å². The maximum Gasteiger partial charge on any atom is 0.238 e. The highest BCUT2D eigenvalue weighted by molar-refractivity contribution is 7.89. The largest absolute Gasteiger partial charge is 0.496 e. The van der Waals surface area contributed by atoms with Crippen molar-refractivity contribution in [3.05, 3.63) is 54.1 Å². The van der Waals surface area contributed by atoms with Crippen LogP contribution in [0.15, 0.2) is 53.4 Å². The molecule has 0 saturated heterocycles. The zero-order valence-corrected chi connectivity index (χ0v) is 12.8. The molecule has 0 spiro atoms. The summed E-state index contributed by atoms with van der Waals surface area (Å²) < 4.78 is 28.2. The smallest absolute Gasteiger partial charge is 0.238 e. The second-order valence-corrected chi connectivity index (χ2v) is 6.27. The molecule has 0 aliphatic rings. The molecule has 0 fully saturated rings. The standard InChI is InChI=1S/C15H18N2O3S/c1-17(13-6-4-3-5-7-13)11-12-10-14(21(16,18)19)8-9-15(12)20-2/h3-10H,11H2,1-2H3,(H2,16,18,19). The van der Waals surface area contributed by atoms with Gasteiger partial charge in [0.2, 0.25) is 10.0 Å². The molecule has 0 radical (unpaired) electrons. The van der Waals surface area contributed by atoms with Gasteiger partial charge in [-0.15, -0.1) is 0 Å². The number of ether oxygens (including phenoxy) is 1. The van der Waals surface area contributed by atoms with Gasteiger partial charge >= 0.3 is 0 Å². The fraction of sp³-hybridized carbons (Fsp3) is 0.200. The Morgan fingerprint density at radius 1 is 1.14 bits per heavy atom. The van der Waals surface area contributed by atoms with Crippen LogP contribution in [-0.4, -0.2) is 22.6 Å². The Morgan fingerprint density at radius 3 is 2.38 bits per heavy atom. The number of nitrogens with two attached hydrogens (primary N) is 1. The number of hydrogen-bond donors (Lipinski definition) is 1. The average molecular weight is 306 g/mol. The van der Waals surface area contributed by atoms with Gasteiger partial charge in [-0.25, -0.2) is 13.6 Å². The Balaban J connectivity index is 2.34. The van der Waals surface area contributed by atoms with Crippen molar-refractivity contribution in [1.82, 2.24) is 0 Å². The minimum atomic E-state index is -3.72. The van der Waals surface area contributed by atoms with Crippen LogP contribution in [0.25, 0.3) is 0 Å². The lowest BCUT2D eigenvalue weighted by atomic mass is 10.2. The van der Waals surface area contributed by atoms with Gasteiger partial charge in [-0.2, -0.15) is 0 Å². The number of sulfonamides is 1. The molecule has 2 N–H and O–H groups in total. The summed E-state index contributed by atoms with van der Waals surface area (Å²) in [5, 5.41) is 5.18. The highest BCUT2D eigenvalue weighted by Gasteiger charge is 2.13. The summed E-state index contributed by atoms with van der Waals surface area (Å²) in [5.41, 5.74) is 1.79. The molecule has 112 valence electrons. The zero-order chi connectivity index (χ0) is 15.5. The molecule has 2 aromatic rings. The quantitative estimate of drug-likeness (QED) is 0.917. The zero-order valence-electron chi connectivity index (χ0n) is 12.0. The van der Waals surface area contributed by atoms with E-state index in [1.807, 2.05) is 42.3 Å². The molecule has 0 heterocycles. The van der Waals surface area contributed by atoms with Crippen molar-refractivity contribution in [1.29, 1.82) is 0 Å². The monoisotopic (exact) mass is 306 g/mol. The molecule has 0 aliphatic heterocycles. The molecule has 2 rings (SSSR count). The lowest BCUT2D eigenvalue weighted by molar-refractivity contribution is 0.409. The molecular weight excluding hydrogens is 288 g/mol. The lowest BCUT2D eigenvalue weighted by Crippen LogP contribution is -2.18. The molecule has 0 aliphatic carbocycles. The molecule has 0 bridgehead atoms. The van der Waals surface area contributed by atoms with Crippen LogP contribution in [0.2, 0.25) is 0 Å². The van der Waals surface area contributed by atoms with E-state index < -0.39 is 10.0 Å². The molecule has 0 aromatic heterocycles. The van der Waals surface area contributed by atoms with Crippen molar-refractivity contribution in [2.75, 3.05) is 19.1 Å². The summed E-state index contributed by atoms with van der Waals surface area (Å²) in [5.74, 6) is 0.630. The summed E-state index contributed by atoms with van der Waals surface area (Å²) in [4.78, 5) is 2.09. The molecule has 0 atom stereocenters. The van der Waals surface area contributed by atoms with Gasteiger partial charge in [0.25, 0.3) is 0 Å². The third kappa shape index (κ3) is 3.74. The van der Waals surface area contributed by atoms with Crippen LogP contribution in [0.1, 0.15) is 5.56 Å². The summed E-state index contributed by atoms with van der Waals surface area (Å²) in [6, 6.07) is 14.4. The summed E-state index contributed by atoms with van der Waals surface area (Å²) >= 11 is 0. The number of hydrogen-bond acceptors (Lipinski definition) is 4. The van der Waals surface area contributed by atoms with E-state index in [0.29, 0.717) is 12.3 Å². The maximum atomic E-state index is 11.5. The number of rotatable bonds is 5. The van der Waals surface area contributed by atoms with E-state index in [1.54, 1.807) is 19.2 Å². The van der Waals surface area contributed by atoms with E-state index in [9.17, 15) is 8.42 Å². The van der Waals surface area contributed by atoms with Crippen LogP contribution in [0.4, 0.5) is 5.69 Å². The number of nitrogens with zero attached hydrogens (tertiary/aromatic N) is 1. The first-order valence-corrected chi connectivity index (χ1v) is 7.92. The average Bonchev–Trinajstić information content (AvgIpc) is 2.47. The second kappa shape index (κ2) is 6.15. The highest BCUT2D eigenvalue weighted by atomic mass is 32.2. The maximum absolute atomic E-state index is 11.5. The number of para-hydroxylation sites is 1. The van der Waals surface area contributed by atoms with Gasteiger partial charge in [0.15, 0.2) is 0 Å². The van der Waals surface area contributed by atoms with Crippen molar-refractivity contribution in [3.63, 3.8) is 0 Å². The SMILES string of the molecule is COc1ccc(S(N)(=O)=O)cc1CN(C)c1ccccc1. The van der Waals surface area contributed by atoms with Gasteiger partial charge in [0.05, 0.1) is 12.0 Å². The molecule has 2 aromatic carbocycles. The Labute approximate surface area is 125 Å². The third-order valence-electron chi connectivity index (χ3n) is 3.18. The van der Waals surface area contributed by atoms with Crippen LogP contribution in [0.3, 0.4) is 0 Å². The van der Waals surface area contributed by atoms with E-state index in [1.165, 1.54) is 6.07 Å². The fourth-order valence-corrected chi connectivity index (χ4v) is 2.65. The first-order chi connectivity index (χ1) is 9.91. The highest BCUT2D eigenvalue weighted by Crippen LogP contribution is 2.25. The molecule has 21 heavy (non-hydrogen) atoms. The van der Waals surface area contributed by atoms with Gasteiger partial charge in [-0.05, 0) is 30.3 Å². The predicted octanol–water partition coefficient (Wildman–Crippen LogP) is 1.98. The Morgan fingerprint density at radius 2 is 1.81 bits per heavy atom. The predicted molar refractivity (Wildman–Crippen MR) is 82.9 cm³/mol. The Kier molecular flexibility index (Phi) is 4.50. The van der Waals surface area contributed by atoms with Crippen molar-refractivity contribution in [2.24, 2.45) is 5.14 Å². The van der Waals surface area contributed by atoms with Crippen molar-refractivity contribution in [2.45, 2.75) is 11.4 Å². The summed E-state index contributed by atoms with van der Waals surface area (Å²) in [6.07, 6.45) is 0. The summed E-state index contributed by atoms with van der Waals surface area (Å²) in [6.45, 7) is 0.510. The number of methoxy groups -OCH3 is 1. The normalized spacial score (nSPS) is 11.2. The fourth-order valence-electron chi connectivity index (χ4n) is 2.08. The molecule has 6 heteroatoms. The number of benzene rings is 2. The molecule has 5 nitrogen and oxygen atoms in total. The van der Waals surface area contributed by atoms with Gasteiger partial charge in [-0.1, -0.05) is 18.2 Å². The molecule has 0 amide bonds. The van der Waals surface area contributed by atoms with Crippen LogP contribution < -0.4 is 14.8 Å². The Bertz CT molecular complexity index is 715. The van der Waals surface area contributed by atoms with Gasteiger partial charge < -0.3 is 9.64 Å². The number of primary sulfonamides is 1. The second-order valence-electron chi connectivity index (χ2n) is 4.71. The van der Waals surface area contributed by atoms with E-state index in [-0.39, 0.29) is 4.90 Å². The van der Waals surface area contributed by atoms with E-state index in [0.717, 1.165) is 11.3 Å². The van der Waals surface area contributed by atoms with Crippen LogP contribution >= 0.6 is 0 Å². The number of anilines is 1. The third-order valence-corrected chi connectivity index (χ3v) is 4.10. The molecular formula is C15H18N2O3S. The first-order valence-electron chi connectivity index (χ1n) is 6.37. The van der Waals surface area contributed by atoms with E-state index >= 15 is 0 Å². The minimum Gasteiger partial charge on any atom is -0.496 e. The van der Waals surface area contributed by atoms with Gasteiger partial charge in [0, 0.05) is 24.8 Å². The molecule has 0 saturated carbocycles.